The first-order chi connectivity index (χ1) is 10.8. The number of carbonyl (C=O) groups excluding carboxylic acids is 1. The first kappa shape index (κ1) is 14.5. The molecule has 2 N–H and O–H groups in total. The van der Waals surface area contributed by atoms with E-state index >= 15 is 0 Å². The van der Waals surface area contributed by atoms with E-state index in [9.17, 15) is 4.79 Å². The predicted molar refractivity (Wildman–Crippen MR) is 85.7 cm³/mol. The maximum absolute atomic E-state index is 12.0. The molecule has 1 aliphatic rings. The van der Waals surface area contributed by atoms with Gasteiger partial charge in [-0.3, -0.25) is 4.79 Å². The fourth-order valence-corrected chi connectivity index (χ4v) is 2.75. The Hall–Kier alpha value is -2.43. The fourth-order valence-electron chi connectivity index (χ4n) is 2.75. The highest BCUT2D eigenvalue weighted by Crippen LogP contribution is 2.22. The van der Waals surface area contributed by atoms with Crippen LogP contribution in [0.2, 0.25) is 0 Å². The van der Waals surface area contributed by atoms with Crippen molar-refractivity contribution in [3.05, 3.63) is 53.3 Å². The minimum Gasteiger partial charge on any atom is -0.354 e. The summed E-state index contributed by atoms with van der Waals surface area (Å²) in [6, 6.07) is 8.18. The van der Waals surface area contributed by atoms with E-state index in [1.165, 1.54) is 24.0 Å². The van der Waals surface area contributed by atoms with Crippen LogP contribution in [0.15, 0.2) is 36.7 Å². The highest BCUT2D eigenvalue weighted by Gasteiger charge is 2.12. The van der Waals surface area contributed by atoms with Crippen molar-refractivity contribution in [2.45, 2.75) is 25.7 Å². The van der Waals surface area contributed by atoms with Gasteiger partial charge in [0.25, 0.3) is 0 Å². The van der Waals surface area contributed by atoms with Crippen molar-refractivity contribution in [1.82, 2.24) is 15.3 Å². The molecule has 0 aliphatic heterocycles. The summed E-state index contributed by atoms with van der Waals surface area (Å²) in [5.41, 5.74) is 3.95. The highest BCUT2D eigenvalue weighted by molar-refractivity contribution is 5.78. The van der Waals surface area contributed by atoms with Gasteiger partial charge in [-0.15, -0.1) is 0 Å². The molecule has 0 bridgehead atoms. The summed E-state index contributed by atoms with van der Waals surface area (Å²) in [5.74, 6) is 0.629. The Kier molecular flexibility index (Phi) is 4.63. The molecule has 0 unspecified atom stereocenters. The van der Waals surface area contributed by atoms with Crippen molar-refractivity contribution in [3.8, 4) is 0 Å². The van der Waals surface area contributed by atoms with Gasteiger partial charge < -0.3 is 10.6 Å². The van der Waals surface area contributed by atoms with Crippen molar-refractivity contribution in [2.24, 2.45) is 0 Å². The second-order valence-electron chi connectivity index (χ2n) is 5.48. The predicted octanol–water partition coefficient (Wildman–Crippen LogP) is 1.74. The van der Waals surface area contributed by atoms with Crippen LogP contribution in [-0.2, 0) is 24.1 Å². The number of aromatic nitrogens is 2. The molecule has 0 fully saturated rings. The number of benzene rings is 1. The molecule has 5 heteroatoms. The van der Waals surface area contributed by atoms with E-state index in [1.807, 2.05) is 0 Å². The summed E-state index contributed by atoms with van der Waals surface area (Å²) >= 11 is 0. The van der Waals surface area contributed by atoms with E-state index in [2.05, 4.69) is 38.8 Å². The number of anilines is 1. The van der Waals surface area contributed by atoms with Crippen LogP contribution >= 0.6 is 0 Å². The van der Waals surface area contributed by atoms with Gasteiger partial charge in [-0.25, -0.2) is 9.97 Å². The van der Waals surface area contributed by atoms with E-state index in [4.69, 9.17) is 0 Å². The zero-order valence-corrected chi connectivity index (χ0v) is 12.5. The molecule has 22 heavy (non-hydrogen) atoms. The molecule has 1 aromatic heterocycles. The lowest BCUT2D eigenvalue weighted by Crippen LogP contribution is -2.30. The number of nitrogens with zero attached hydrogens (tertiary/aromatic N) is 2. The second kappa shape index (κ2) is 7.02. The first-order valence-corrected chi connectivity index (χ1v) is 7.69. The van der Waals surface area contributed by atoms with Gasteiger partial charge in [-0.05, 0) is 42.0 Å². The Balaban J connectivity index is 1.41. The summed E-state index contributed by atoms with van der Waals surface area (Å²) in [7, 11) is 0. The number of fused-ring (bicyclic) bond motifs is 1. The van der Waals surface area contributed by atoms with Crippen LogP contribution in [0.4, 0.5) is 5.95 Å². The van der Waals surface area contributed by atoms with E-state index in [0.29, 0.717) is 25.5 Å². The van der Waals surface area contributed by atoms with Gasteiger partial charge in [0, 0.05) is 25.5 Å². The minimum absolute atomic E-state index is 0.0497. The summed E-state index contributed by atoms with van der Waals surface area (Å²) in [5, 5.41) is 5.97. The Morgan fingerprint density at radius 3 is 2.77 bits per heavy atom. The lowest BCUT2D eigenvalue weighted by molar-refractivity contribution is -0.120. The zero-order valence-electron chi connectivity index (χ0n) is 12.5. The number of carbonyl (C=O) groups is 1. The number of nitrogens with one attached hydrogen (secondary N) is 2. The van der Waals surface area contributed by atoms with E-state index in [1.54, 1.807) is 18.5 Å². The number of aryl methyl sites for hydroxylation is 2. The molecule has 1 aliphatic carbocycles. The summed E-state index contributed by atoms with van der Waals surface area (Å²) < 4.78 is 0. The molecule has 114 valence electrons. The number of rotatable bonds is 6. The SMILES string of the molecule is O=C(Cc1ccc2c(c1)CCC2)NCCNc1ncccn1. The van der Waals surface area contributed by atoms with Gasteiger partial charge in [-0.2, -0.15) is 0 Å². The average Bonchev–Trinajstić information content (AvgIpc) is 3.00. The van der Waals surface area contributed by atoms with Crippen LogP contribution in [0, 0.1) is 0 Å². The fraction of sp³-hybridized carbons (Fsp3) is 0.353. The second-order valence-corrected chi connectivity index (χ2v) is 5.48. The van der Waals surface area contributed by atoms with E-state index in [-0.39, 0.29) is 5.91 Å². The maximum atomic E-state index is 12.0. The van der Waals surface area contributed by atoms with Crippen molar-refractivity contribution in [3.63, 3.8) is 0 Å². The number of hydrogen-bond acceptors (Lipinski definition) is 4. The summed E-state index contributed by atoms with van der Waals surface area (Å²) in [6.07, 6.45) is 7.36. The molecule has 1 heterocycles. The average molecular weight is 296 g/mol. The minimum atomic E-state index is 0.0497. The quantitative estimate of drug-likeness (QED) is 0.797. The van der Waals surface area contributed by atoms with Gasteiger partial charge in [0.15, 0.2) is 0 Å². The molecular formula is C17H20N4O. The van der Waals surface area contributed by atoms with Gasteiger partial charge in [0.2, 0.25) is 11.9 Å². The molecule has 3 rings (SSSR count). The highest BCUT2D eigenvalue weighted by atomic mass is 16.1. The molecule has 5 nitrogen and oxygen atoms in total. The van der Waals surface area contributed by atoms with Crippen molar-refractivity contribution in [2.75, 3.05) is 18.4 Å². The lowest BCUT2D eigenvalue weighted by Gasteiger charge is -2.08. The Labute approximate surface area is 130 Å². The van der Waals surface area contributed by atoms with Crippen LogP contribution < -0.4 is 10.6 Å². The van der Waals surface area contributed by atoms with Crippen molar-refractivity contribution < 1.29 is 4.79 Å². The van der Waals surface area contributed by atoms with Gasteiger partial charge >= 0.3 is 0 Å². The van der Waals surface area contributed by atoms with E-state index in [0.717, 1.165) is 12.0 Å². The molecule has 1 amide bonds. The van der Waals surface area contributed by atoms with Crippen molar-refractivity contribution >= 4 is 11.9 Å². The van der Waals surface area contributed by atoms with Crippen LogP contribution in [0.5, 0.6) is 0 Å². The van der Waals surface area contributed by atoms with Crippen LogP contribution in [0.25, 0.3) is 0 Å². The third kappa shape index (κ3) is 3.81. The molecule has 0 saturated heterocycles. The van der Waals surface area contributed by atoms with Crippen LogP contribution in [-0.4, -0.2) is 29.0 Å². The monoisotopic (exact) mass is 296 g/mol. The lowest BCUT2D eigenvalue weighted by atomic mass is 10.0. The Morgan fingerprint density at radius 2 is 1.91 bits per heavy atom. The molecular weight excluding hydrogens is 276 g/mol. The molecule has 1 aromatic carbocycles. The largest absolute Gasteiger partial charge is 0.354 e. The first-order valence-electron chi connectivity index (χ1n) is 7.69. The summed E-state index contributed by atoms with van der Waals surface area (Å²) in [6.45, 7) is 1.17. The van der Waals surface area contributed by atoms with Gasteiger partial charge in [0.05, 0.1) is 6.42 Å². The standard InChI is InChI=1S/C17H20N4O/c22-16(18-9-10-21-17-19-7-2-8-20-17)12-13-5-6-14-3-1-4-15(14)11-13/h2,5-8,11H,1,3-4,9-10,12H2,(H,18,22)(H,19,20,21). The Morgan fingerprint density at radius 1 is 1.09 bits per heavy atom. The third-order valence-corrected chi connectivity index (χ3v) is 3.82. The topological polar surface area (TPSA) is 66.9 Å². The van der Waals surface area contributed by atoms with Gasteiger partial charge in [0.1, 0.15) is 0 Å². The maximum Gasteiger partial charge on any atom is 0.224 e. The molecule has 2 aromatic rings. The molecule has 0 atom stereocenters. The smallest absolute Gasteiger partial charge is 0.224 e. The number of hydrogen-bond donors (Lipinski definition) is 2. The van der Waals surface area contributed by atoms with Crippen molar-refractivity contribution in [1.29, 1.82) is 0 Å². The van der Waals surface area contributed by atoms with Crippen LogP contribution in [0.1, 0.15) is 23.1 Å². The summed E-state index contributed by atoms with van der Waals surface area (Å²) in [4.78, 5) is 20.1. The third-order valence-electron chi connectivity index (χ3n) is 3.82. The Bertz CT molecular complexity index is 642. The molecule has 0 saturated carbocycles. The van der Waals surface area contributed by atoms with Crippen LogP contribution in [0.3, 0.4) is 0 Å². The normalized spacial score (nSPS) is 12.7. The van der Waals surface area contributed by atoms with Gasteiger partial charge in [-0.1, -0.05) is 18.2 Å². The molecule has 0 radical (unpaired) electrons. The molecule has 0 spiro atoms. The zero-order chi connectivity index (χ0) is 15.2. The van der Waals surface area contributed by atoms with E-state index < -0.39 is 0 Å². The number of amides is 1.